The first-order valence-corrected chi connectivity index (χ1v) is 13.1. The van der Waals surface area contributed by atoms with Crippen molar-refractivity contribution in [2.24, 2.45) is 5.10 Å². The molecule has 36 heavy (non-hydrogen) atoms. The summed E-state index contributed by atoms with van der Waals surface area (Å²) in [5.41, 5.74) is 10.4. The Morgan fingerprint density at radius 1 is 0.750 bits per heavy atom. The minimum absolute atomic E-state index is 0.481. The van der Waals surface area contributed by atoms with E-state index in [2.05, 4.69) is 86.4 Å². The first-order chi connectivity index (χ1) is 17.7. The van der Waals surface area contributed by atoms with Gasteiger partial charge in [0.1, 0.15) is 10.6 Å². The molecular weight excluding hydrogens is 530 g/mol. The topological polar surface area (TPSA) is 50.4 Å². The monoisotopic (exact) mass is 549 g/mol. The molecule has 0 aliphatic rings. The third-order valence-corrected chi connectivity index (χ3v) is 7.16. The van der Waals surface area contributed by atoms with Gasteiger partial charge < -0.3 is 4.42 Å². The summed E-state index contributed by atoms with van der Waals surface area (Å²) in [4.78, 5) is 4.96. The Morgan fingerprint density at radius 3 is 2.22 bits per heavy atom. The summed E-state index contributed by atoms with van der Waals surface area (Å²) in [6.45, 7) is 0. The van der Waals surface area contributed by atoms with E-state index in [1.54, 1.807) is 11.3 Å². The average molecular weight is 550 g/mol. The third kappa shape index (κ3) is 4.73. The van der Waals surface area contributed by atoms with Gasteiger partial charge in [-0.05, 0) is 47.5 Å². The molecule has 0 bridgehead atoms. The molecule has 0 saturated heterocycles. The van der Waals surface area contributed by atoms with Gasteiger partial charge in [0.05, 0.1) is 16.9 Å². The highest BCUT2D eigenvalue weighted by Crippen LogP contribution is 2.31. The van der Waals surface area contributed by atoms with E-state index in [9.17, 15) is 0 Å². The molecule has 0 aliphatic heterocycles. The van der Waals surface area contributed by atoms with Crippen molar-refractivity contribution in [1.29, 1.82) is 0 Å². The molecule has 4 nitrogen and oxygen atoms in total. The predicted octanol–water partition coefficient (Wildman–Crippen LogP) is 8.58. The first-order valence-electron chi connectivity index (χ1n) is 11.4. The maximum atomic E-state index is 6.22. The largest absolute Gasteiger partial charge is 0.436 e. The lowest BCUT2D eigenvalue weighted by molar-refractivity contribution is 0.543. The van der Waals surface area contributed by atoms with Gasteiger partial charge in [0.25, 0.3) is 0 Å². The van der Waals surface area contributed by atoms with Crippen molar-refractivity contribution in [1.82, 2.24) is 4.98 Å². The Balaban J connectivity index is 1.39. The van der Waals surface area contributed by atoms with E-state index in [1.165, 1.54) is 11.1 Å². The molecule has 2 aromatic heterocycles. The molecule has 0 fully saturated rings. The summed E-state index contributed by atoms with van der Waals surface area (Å²) < 4.78 is 7.21. The maximum absolute atomic E-state index is 6.22. The summed E-state index contributed by atoms with van der Waals surface area (Å²) in [5, 5.41) is 8.48. The fourth-order valence-electron chi connectivity index (χ4n) is 3.96. The van der Waals surface area contributed by atoms with Crippen LogP contribution in [0.1, 0.15) is 0 Å². The third-order valence-electron chi connectivity index (χ3n) is 5.79. The second-order valence-corrected chi connectivity index (χ2v) is 9.99. The second kappa shape index (κ2) is 9.93. The van der Waals surface area contributed by atoms with E-state index in [0.717, 1.165) is 43.0 Å². The second-order valence-electron chi connectivity index (χ2n) is 8.22. The minimum Gasteiger partial charge on any atom is -0.436 e. The van der Waals surface area contributed by atoms with Gasteiger partial charge in [-0.2, -0.15) is 0 Å². The van der Waals surface area contributed by atoms with E-state index in [-0.39, 0.29) is 0 Å². The molecule has 6 aromatic rings. The lowest BCUT2D eigenvalue weighted by Crippen LogP contribution is -2.09. The number of hydrogen-bond donors (Lipinski definition) is 1. The number of halogens is 1. The van der Waals surface area contributed by atoms with Gasteiger partial charge >= 0.3 is 0 Å². The van der Waals surface area contributed by atoms with Gasteiger partial charge in [-0.15, -0.1) is 16.4 Å². The van der Waals surface area contributed by atoms with Crippen LogP contribution in [0.25, 0.3) is 43.9 Å². The van der Waals surface area contributed by atoms with Crippen molar-refractivity contribution >= 4 is 43.9 Å². The molecule has 0 unspecified atom stereocenters. The van der Waals surface area contributed by atoms with Crippen molar-refractivity contribution in [2.75, 3.05) is 5.43 Å². The molecule has 6 rings (SSSR count). The number of nitrogens with one attached hydrogen (secondary N) is 1. The van der Waals surface area contributed by atoms with Crippen LogP contribution in [0.2, 0.25) is 0 Å². The lowest BCUT2D eigenvalue weighted by Gasteiger charge is -2.05. The normalized spacial score (nSPS) is 11.6. The quantitative estimate of drug-likeness (QED) is 0.219. The Hall–Kier alpha value is -4.00. The van der Waals surface area contributed by atoms with Gasteiger partial charge in [-0.3, -0.25) is 5.43 Å². The molecule has 0 spiro atoms. The standard InChI is InChI=1S/C30H20BrN3OS/c31-24-15-16-28-23(17-24)18-26(29(35-28)34-33-25-9-5-2-6-10-25)30-32-27(19-36-30)22-13-11-21(12-14-22)20-7-3-1-4-8-20/h1-19,33H. The van der Waals surface area contributed by atoms with Crippen molar-refractivity contribution in [3.05, 3.63) is 125 Å². The Morgan fingerprint density at radius 2 is 1.44 bits per heavy atom. The fourth-order valence-corrected chi connectivity index (χ4v) is 5.17. The van der Waals surface area contributed by atoms with Crippen molar-refractivity contribution in [2.45, 2.75) is 0 Å². The number of thiazole rings is 1. The number of rotatable bonds is 5. The number of fused-ring (bicyclic) bond motifs is 1. The molecule has 0 amide bonds. The smallest absolute Gasteiger partial charge is 0.246 e. The molecule has 1 N–H and O–H groups in total. The molecule has 0 saturated carbocycles. The van der Waals surface area contributed by atoms with Crippen LogP contribution in [0.15, 0.2) is 129 Å². The number of nitrogens with zero attached hydrogens (tertiary/aromatic N) is 2. The van der Waals surface area contributed by atoms with Crippen LogP contribution >= 0.6 is 27.3 Å². The summed E-state index contributed by atoms with van der Waals surface area (Å²) in [6.07, 6.45) is 0. The van der Waals surface area contributed by atoms with Crippen LogP contribution < -0.4 is 11.0 Å². The highest BCUT2D eigenvalue weighted by atomic mass is 79.9. The zero-order valence-corrected chi connectivity index (χ0v) is 21.5. The summed E-state index contributed by atoms with van der Waals surface area (Å²) in [6, 6.07) is 36.7. The fraction of sp³-hybridized carbons (Fsp3) is 0. The summed E-state index contributed by atoms with van der Waals surface area (Å²) >= 11 is 5.14. The lowest BCUT2D eigenvalue weighted by atomic mass is 10.0. The van der Waals surface area contributed by atoms with Crippen LogP contribution in [0.3, 0.4) is 0 Å². The van der Waals surface area contributed by atoms with Crippen LogP contribution in [0.4, 0.5) is 5.69 Å². The molecule has 0 atom stereocenters. The SMILES string of the molecule is Brc1ccc2oc(=NNc3ccccc3)c(-c3nc(-c4ccc(-c5ccccc5)cc4)cs3)cc2c1. The van der Waals surface area contributed by atoms with Crippen molar-refractivity contribution in [3.63, 3.8) is 0 Å². The summed E-state index contributed by atoms with van der Waals surface area (Å²) in [5.74, 6) is 0. The molecule has 0 aliphatic carbocycles. The average Bonchev–Trinajstić information content (AvgIpc) is 3.43. The van der Waals surface area contributed by atoms with Crippen molar-refractivity contribution in [3.8, 4) is 33.0 Å². The number of hydrogen-bond acceptors (Lipinski definition) is 5. The van der Waals surface area contributed by atoms with Gasteiger partial charge in [0.2, 0.25) is 5.55 Å². The predicted molar refractivity (Wildman–Crippen MR) is 152 cm³/mol. The number of aromatic nitrogens is 1. The highest BCUT2D eigenvalue weighted by molar-refractivity contribution is 9.10. The van der Waals surface area contributed by atoms with E-state index in [0.29, 0.717) is 5.55 Å². The molecular formula is C30H20BrN3OS. The van der Waals surface area contributed by atoms with E-state index < -0.39 is 0 Å². The zero-order chi connectivity index (χ0) is 24.3. The molecule has 2 heterocycles. The maximum Gasteiger partial charge on any atom is 0.246 e. The van der Waals surface area contributed by atoms with Gasteiger partial charge in [0, 0.05) is 20.8 Å². The van der Waals surface area contributed by atoms with Gasteiger partial charge in [-0.1, -0.05) is 88.7 Å². The first kappa shape index (κ1) is 22.5. The molecule has 0 radical (unpaired) electrons. The van der Waals surface area contributed by atoms with Gasteiger partial charge in [-0.25, -0.2) is 4.98 Å². The highest BCUT2D eigenvalue weighted by Gasteiger charge is 2.13. The number of benzene rings is 4. The van der Waals surface area contributed by atoms with E-state index >= 15 is 0 Å². The summed E-state index contributed by atoms with van der Waals surface area (Å²) in [7, 11) is 0. The van der Waals surface area contributed by atoms with E-state index in [1.807, 2.05) is 54.6 Å². The molecule has 4 aromatic carbocycles. The number of para-hydroxylation sites is 1. The van der Waals surface area contributed by atoms with Gasteiger partial charge in [0.15, 0.2) is 0 Å². The Labute approximate surface area is 220 Å². The van der Waals surface area contributed by atoms with Crippen LogP contribution in [-0.2, 0) is 0 Å². The van der Waals surface area contributed by atoms with E-state index in [4.69, 9.17) is 9.40 Å². The van der Waals surface area contributed by atoms with Crippen molar-refractivity contribution < 1.29 is 4.42 Å². The Bertz CT molecular complexity index is 1710. The number of anilines is 1. The molecule has 6 heteroatoms. The van der Waals surface area contributed by atoms with Crippen LogP contribution in [-0.4, -0.2) is 4.98 Å². The minimum atomic E-state index is 0.481. The Kier molecular flexibility index (Phi) is 6.20. The van der Waals surface area contributed by atoms with Crippen LogP contribution in [0.5, 0.6) is 0 Å². The molecule has 174 valence electrons. The zero-order valence-electron chi connectivity index (χ0n) is 19.1. The van der Waals surface area contributed by atoms with Crippen LogP contribution in [0, 0.1) is 0 Å².